The first-order valence-electron chi connectivity index (χ1n) is 11.4. The van der Waals surface area contributed by atoms with E-state index in [2.05, 4.69) is 10.6 Å². The molecule has 2 N–H and O–H groups in total. The van der Waals surface area contributed by atoms with Crippen molar-refractivity contribution < 1.29 is 23.5 Å². The van der Waals surface area contributed by atoms with Gasteiger partial charge in [-0.2, -0.15) is 0 Å². The van der Waals surface area contributed by atoms with Gasteiger partial charge >= 0.3 is 0 Å². The van der Waals surface area contributed by atoms with E-state index < -0.39 is 11.7 Å². The summed E-state index contributed by atoms with van der Waals surface area (Å²) in [6.45, 7) is 3.52. The van der Waals surface area contributed by atoms with Gasteiger partial charge in [0.25, 0.3) is 11.8 Å². The van der Waals surface area contributed by atoms with Crippen molar-refractivity contribution in [2.75, 3.05) is 26.2 Å². The highest BCUT2D eigenvalue weighted by molar-refractivity contribution is 6.33. The SMILES string of the molecule is CCC(NC(=O)CCNC(=O)c1ccc(F)cc1Cl)c1ccccc1OCC(=O)N1CCCC1. The molecule has 0 saturated carbocycles. The number of hydrogen-bond donors (Lipinski definition) is 2. The maximum atomic E-state index is 13.2. The Balaban J connectivity index is 1.52. The van der Waals surface area contributed by atoms with Gasteiger partial charge in [0.15, 0.2) is 6.61 Å². The number of carbonyl (C=O) groups is 3. The minimum Gasteiger partial charge on any atom is -0.483 e. The molecule has 7 nitrogen and oxygen atoms in total. The molecule has 2 aromatic carbocycles. The molecule has 34 heavy (non-hydrogen) atoms. The Labute approximate surface area is 203 Å². The number of amides is 3. The summed E-state index contributed by atoms with van der Waals surface area (Å²) in [6, 6.07) is 10.5. The number of ether oxygens (including phenoxy) is 1. The highest BCUT2D eigenvalue weighted by Crippen LogP contribution is 2.27. The normalized spacial score (nSPS) is 13.9. The summed E-state index contributed by atoms with van der Waals surface area (Å²) in [7, 11) is 0. The van der Waals surface area contributed by atoms with E-state index in [1.54, 1.807) is 11.0 Å². The van der Waals surface area contributed by atoms with Crippen LogP contribution in [0.2, 0.25) is 5.02 Å². The Hall–Kier alpha value is -3.13. The van der Waals surface area contributed by atoms with E-state index in [1.165, 1.54) is 6.07 Å². The zero-order valence-corrected chi connectivity index (χ0v) is 19.9. The van der Waals surface area contributed by atoms with Gasteiger partial charge in [-0.3, -0.25) is 14.4 Å². The lowest BCUT2D eigenvalue weighted by Crippen LogP contribution is -2.34. The number of para-hydroxylation sites is 1. The number of halogens is 2. The maximum Gasteiger partial charge on any atom is 0.260 e. The second-order valence-corrected chi connectivity index (χ2v) is 8.48. The van der Waals surface area contributed by atoms with E-state index in [9.17, 15) is 18.8 Å². The number of likely N-dealkylation sites (tertiary alicyclic amines) is 1. The summed E-state index contributed by atoms with van der Waals surface area (Å²) in [4.78, 5) is 38.9. The smallest absolute Gasteiger partial charge is 0.260 e. The molecule has 0 spiro atoms. The molecule has 1 heterocycles. The van der Waals surface area contributed by atoms with Crippen LogP contribution in [-0.2, 0) is 9.59 Å². The summed E-state index contributed by atoms with van der Waals surface area (Å²) in [5.41, 5.74) is 0.930. The fraction of sp³-hybridized carbons (Fsp3) is 0.400. The van der Waals surface area contributed by atoms with Gasteiger partial charge < -0.3 is 20.3 Å². The summed E-state index contributed by atoms with van der Waals surface area (Å²) >= 11 is 5.90. The van der Waals surface area contributed by atoms with Crippen LogP contribution in [0, 0.1) is 5.82 Å². The van der Waals surface area contributed by atoms with E-state index in [1.807, 2.05) is 25.1 Å². The third-order valence-corrected chi connectivity index (χ3v) is 5.97. The lowest BCUT2D eigenvalue weighted by Gasteiger charge is -2.22. The van der Waals surface area contributed by atoms with Crippen LogP contribution in [0.15, 0.2) is 42.5 Å². The van der Waals surface area contributed by atoms with Crippen LogP contribution in [0.25, 0.3) is 0 Å². The van der Waals surface area contributed by atoms with Crippen molar-refractivity contribution in [3.05, 3.63) is 64.4 Å². The predicted octanol–water partition coefficient (Wildman–Crippen LogP) is 3.87. The molecule has 1 atom stereocenters. The molecule has 3 amide bonds. The molecule has 3 rings (SSSR count). The van der Waals surface area contributed by atoms with Crippen molar-refractivity contribution >= 4 is 29.3 Å². The van der Waals surface area contributed by atoms with Crippen LogP contribution in [0.5, 0.6) is 5.75 Å². The number of rotatable bonds is 10. The molecule has 0 aliphatic carbocycles. The molecule has 0 radical (unpaired) electrons. The fourth-order valence-electron chi connectivity index (χ4n) is 3.82. The van der Waals surface area contributed by atoms with E-state index in [-0.39, 0.29) is 48.0 Å². The first-order valence-corrected chi connectivity index (χ1v) is 11.8. The van der Waals surface area contributed by atoms with Crippen molar-refractivity contribution in [1.82, 2.24) is 15.5 Å². The Bertz CT molecular complexity index is 1030. The molecule has 1 unspecified atom stereocenters. The molecule has 0 aromatic heterocycles. The first kappa shape index (κ1) is 25.5. The van der Waals surface area contributed by atoms with Crippen molar-refractivity contribution in [2.24, 2.45) is 0 Å². The largest absolute Gasteiger partial charge is 0.483 e. The molecule has 2 aromatic rings. The van der Waals surface area contributed by atoms with E-state index >= 15 is 0 Å². The van der Waals surface area contributed by atoms with Crippen LogP contribution < -0.4 is 15.4 Å². The molecular formula is C25H29ClFN3O4. The third-order valence-electron chi connectivity index (χ3n) is 5.66. The summed E-state index contributed by atoms with van der Waals surface area (Å²) < 4.78 is 19.0. The number of nitrogens with one attached hydrogen (secondary N) is 2. The van der Waals surface area contributed by atoms with Crippen LogP contribution in [-0.4, -0.2) is 48.9 Å². The Morgan fingerprint density at radius 2 is 1.88 bits per heavy atom. The van der Waals surface area contributed by atoms with E-state index in [0.29, 0.717) is 12.2 Å². The van der Waals surface area contributed by atoms with Gasteiger partial charge in [-0.25, -0.2) is 4.39 Å². The van der Waals surface area contributed by atoms with Crippen molar-refractivity contribution in [3.63, 3.8) is 0 Å². The zero-order chi connectivity index (χ0) is 24.5. The van der Waals surface area contributed by atoms with Gasteiger partial charge in [-0.05, 0) is 43.5 Å². The number of nitrogens with zero attached hydrogens (tertiary/aromatic N) is 1. The van der Waals surface area contributed by atoms with E-state index in [4.69, 9.17) is 16.3 Å². The van der Waals surface area contributed by atoms with Gasteiger partial charge in [0.1, 0.15) is 11.6 Å². The van der Waals surface area contributed by atoms with Gasteiger partial charge in [0.2, 0.25) is 5.91 Å². The third kappa shape index (κ3) is 6.93. The lowest BCUT2D eigenvalue weighted by atomic mass is 10.0. The highest BCUT2D eigenvalue weighted by Gasteiger charge is 2.21. The molecule has 182 valence electrons. The standard InChI is InChI=1S/C25H29ClFN3O4/c1-2-21(19-7-3-4-8-22(19)34-16-24(32)30-13-5-6-14-30)29-23(31)11-12-28-25(33)18-10-9-17(27)15-20(18)26/h3-4,7-10,15,21H,2,5-6,11-14,16H2,1H3,(H,28,33)(H,29,31). The topological polar surface area (TPSA) is 87.7 Å². The zero-order valence-electron chi connectivity index (χ0n) is 19.1. The van der Waals surface area contributed by atoms with Gasteiger partial charge in [0, 0.05) is 31.6 Å². The lowest BCUT2D eigenvalue weighted by molar-refractivity contribution is -0.132. The number of carbonyl (C=O) groups excluding carboxylic acids is 3. The van der Waals surface area contributed by atoms with Gasteiger partial charge in [0.05, 0.1) is 16.6 Å². The second-order valence-electron chi connectivity index (χ2n) is 8.07. The molecule has 1 aliphatic heterocycles. The fourth-order valence-corrected chi connectivity index (χ4v) is 4.07. The average Bonchev–Trinajstić information content (AvgIpc) is 3.36. The quantitative estimate of drug-likeness (QED) is 0.530. The van der Waals surface area contributed by atoms with E-state index in [0.717, 1.165) is 43.6 Å². The minimum absolute atomic E-state index is 0.00724. The van der Waals surface area contributed by atoms with Crippen LogP contribution in [0.1, 0.15) is 54.6 Å². The molecule has 1 fully saturated rings. The maximum absolute atomic E-state index is 13.2. The van der Waals surface area contributed by atoms with Crippen molar-refractivity contribution in [3.8, 4) is 5.75 Å². The Kier molecular flexibility index (Phi) is 9.27. The number of benzene rings is 2. The highest BCUT2D eigenvalue weighted by atomic mass is 35.5. The summed E-state index contributed by atoms with van der Waals surface area (Å²) in [5.74, 6) is -0.745. The van der Waals surface area contributed by atoms with Gasteiger partial charge in [-0.1, -0.05) is 36.7 Å². The molecule has 1 saturated heterocycles. The summed E-state index contributed by atoms with van der Waals surface area (Å²) in [6.07, 6.45) is 2.70. The Morgan fingerprint density at radius 3 is 2.59 bits per heavy atom. The van der Waals surface area contributed by atoms with Crippen molar-refractivity contribution in [1.29, 1.82) is 0 Å². The van der Waals surface area contributed by atoms with Crippen LogP contribution in [0.3, 0.4) is 0 Å². The second kappa shape index (κ2) is 12.4. The van der Waals surface area contributed by atoms with Gasteiger partial charge in [-0.15, -0.1) is 0 Å². The van der Waals surface area contributed by atoms with Crippen LogP contribution in [0.4, 0.5) is 4.39 Å². The monoisotopic (exact) mass is 489 g/mol. The molecular weight excluding hydrogens is 461 g/mol. The molecule has 1 aliphatic rings. The van der Waals surface area contributed by atoms with Crippen LogP contribution >= 0.6 is 11.6 Å². The molecule has 0 bridgehead atoms. The average molecular weight is 490 g/mol. The van der Waals surface area contributed by atoms with Crippen molar-refractivity contribution in [2.45, 2.75) is 38.6 Å². The minimum atomic E-state index is -0.531. The molecule has 9 heteroatoms. The predicted molar refractivity (Wildman–Crippen MR) is 127 cm³/mol. The first-order chi connectivity index (χ1) is 16.4. The number of hydrogen-bond acceptors (Lipinski definition) is 4. The summed E-state index contributed by atoms with van der Waals surface area (Å²) in [5, 5.41) is 5.58. The Morgan fingerprint density at radius 1 is 1.15 bits per heavy atom.